The van der Waals surface area contributed by atoms with E-state index < -0.39 is 0 Å². The molecule has 2 aromatic carbocycles. The van der Waals surface area contributed by atoms with Crippen LogP contribution in [-0.4, -0.2) is 21.8 Å². The highest BCUT2D eigenvalue weighted by atomic mass is 35.5. The summed E-state index contributed by atoms with van der Waals surface area (Å²) in [6.07, 6.45) is 0. The fourth-order valence-electron chi connectivity index (χ4n) is 2.18. The summed E-state index contributed by atoms with van der Waals surface area (Å²) < 4.78 is 4.94. The van der Waals surface area contributed by atoms with Crippen molar-refractivity contribution in [1.82, 2.24) is 10.1 Å². The summed E-state index contributed by atoms with van der Waals surface area (Å²) in [5, 5.41) is 6.62. The van der Waals surface area contributed by atoms with E-state index in [4.69, 9.17) is 4.52 Å². The van der Waals surface area contributed by atoms with Crippen molar-refractivity contribution < 1.29 is 14.1 Å². The Bertz CT molecular complexity index is 894. The molecule has 0 atom stereocenters. The van der Waals surface area contributed by atoms with E-state index in [1.165, 1.54) is 6.92 Å². The van der Waals surface area contributed by atoms with Crippen molar-refractivity contribution in [3.05, 3.63) is 65.5 Å². The normalized spacial score (nSPS) is 9.26. The second-order valence-corrected chi connectivity index (χ2v) is 5.30. The second-order valence-electron chi connectivity index (χ2n) is 5.30. The average Bonchev–Trinajstić information content (AvgIpc) is 3.02. The Labute approximate surface area is 175 Å². The third kappa shape index (κ3) is 6.06. The predicted octanol–water partition coefficient (Wildman–Crippen LogP) is 4.77. The van der Waals surface area contributed by atoms with Gasteiger partial charge in [0.25, 0.3) is 5.91 Å². The summed E-state index contributed by atoms with van der Waals surface area (Å²) in [6, 6.07) is 13.7. The summed E-state index contributed by atoms with van der Waals surface area (Å²) in [5.41, 5.74) is 2.51. The number of ketones is 1. The van der Waals surface area contributed by atoms with Crippen LogP contribution in [0.5, 0.6) is 0 Å². The van der Waals surface area contributed by atoms with Gasteiger partial charge < -0.3 is 9.84 Å². The van der Waals surface area contributed by atoms with Gasteiger partial charge >= 0.3 is 0 Å². The van der Waals surface area contributed by atoms with Crippen LogP contribution >= 0.6 is 37.2 Å². The quantitative estimate of drug-likeness (QED) is 0.603. The topological polar surface area (TPSA) is 85.1 Å². The molecule has 3 aromatic rings. The zero-order valence-electron chi connectivity index (χ0n) is 14.5. The lowest BCUT2D eigenvalue weighted by atomic mass is 10.1. The minimum atomic E-state index is -0.235. The van der Waals surface area contributed by atoms with E-state index in [-0.39, 0.29) is 48.9 Å². The van der Waals surface area contributed by atoms with Crippen LogP contribution in [0.2, 0.25) is 0 Å². The molecule has 0 aliphatic heterocycles. The van der Waals surface area contributed by atoms with Crippen LogP contribution in [-0.2, 0) is 0 Å². The first-order chi connectivity index (χ1) is 11.5. The second kappa shape index (κ2) is 10.7. The van der Waals surface area contributed by atoms with Crippen molar-refractivity contribution in [3.8, 4) is 11.4 Å². The fraction of sp³-hybridized carbons (Fsp3) is 0.111. The summed E-state index contributed by atoms with van der Waals surface area (Å²) in [5.74, 6) is 0.724. The van der Waals surface area contributed by atoms with Gasteiger partial charge in [-0.15, -0.1) is 37.2 Å². The number of Topliss-reactive ketones (excluding diaryl/α,β-unsaturated/α-hetero) is 1. The molecule has 1 heterocycles. The Kier molecular flexibility index (Phi) is 9.72. The molecule has 1 N–H and O–H groups in total. The molecule has 0 saturated heterocycles. The smallest absolute Gasteiger partial charge is 0.255 e. The van der Waals surface area contributed by atoms with Crippen LogP contribution in [0.15, 0.2) is 53.1 Å². The van der Waals surface area contributed by atoms with Crippen molar-refractivity contribution in [2.45, 2.75) is 13.8 Å². The van der Waals surface area contributed by atoms with Gasteiger partial charge in [0.05, 0.1) is 0 Å². The van der Waals surface area contributed by atoms with Crippen LogP contribution in [0.3, 0.4) is 0 Å². The van der Waals surface area contributed by atoms with Gasteiger partial charge in [-0.3, -0.25) is 9.59 Å². The number of anilines is 1. The van der Waals surface area contributed by atoms with Crippen LogP contribution in [0.1, 0.15) is 33.5 Å². The van der Waals surface area contributed by atoms with E-state index in [9.17, 15) is 9.59 Å². The molecular formula is C18H18Cl3N3O3. The maximum atomic E-state index is 12.3. The van der Waals surface area contributed by atoms with E-state index in [2.05, 4.69) is 15.5 Å². The molecule has 27 heavy (non-hydrogen) atoms. The maximum absolute atomic E-state index is 12.3. The number of rotatable bonds is 4. The van der Waals surface area contributed by atoms with Gasteiger partial charge in [-0.2, -0.15) is 4.98 Å². The van der Waals surface area contributed by atoms with Crippen molar-refractivity contribution in [2.75, 3.05) is 5.32 Å². The molecule has 3 rings (SSSR count). The number of hydrogen-bond acceptors (Lipinski definition) is 5. The Morgan fingerprint density at radius 3 is 1.93 bits per heavy atom. The number of carbonyl (C=O) groups excluding carboxylic acids is 2. The van der Waals surface area contributed by atoms with Gasteiger partial charge in [0.1, 0.15) is 0 Å². The first kappa shape index (κ1) is 24.6. The number of carbonyl (C=O) groups is 2. The standard InChI is InChI=1S/C18H15N3O3.3ClH/c1-11(22)13-7-9-16(10-8-13)20-18(23)15-5-3-14(4-6-15)17-19-12(2)24-21-17;;;/h3-10H,1-2H3,(H,20,23);3*1H. The highest BCUT2D eigenvalue weighted by molar-refractivity contribution is 6.04. The maximum Gasteiger partial charge on any atom is 0.255 e. The number of benzene rings is 2. The molecule has 6 nitrogen and oxygen atoms in total. The number of hydrogen-bond donors (Lipinski definition) is 1. The molecule has 0 radical (unpaired) electrons. The highest BCUT2D eigenvalue weighted by Crippen LogP contribution is 2.17. The number of nitrogens with one attached hydrogen (secondary N) is 1. The Morgan fingerprint density at radius 2 is 1.44 bits per heavy atom. The Hall–Kier alpha value is -2.41. The summed E-state index contributed by atoms with van der Waals surface area (Å²) in [6.45, 7) is 3.22. The molecule has 144 valence electrons. The van der Waals surface area contributed by atoms with Crippen molar-refractivity contribution in [3.63, 3.8) is 0 Å². The lowest BCUT2D eigenvalue weighted by Crippen LogP contribution is -2.11. The zero-order chi connectivity index (χ0) is 17.1. The summed E-state index contributed by atoms with van der Waals surface area (Å²) >= 11 is 0. The van der Waals surface area contributed by atoms with Crippen molar-refractivity contribution in [1.29, 1.82) is 0 Å². The summed E-state index contributed by atoms with van der Waals surface area (Å²) in [7, 11) is 0. The van der Waals surface area contributed by atoms with Gasteiger partial charge in [-0.05, 0) is 43.3 Å². The number of aryl methyl sites for hydroxylation is 1. The number of aromatic nitrogens is 2. The molecule has 1 amide bonds. The molecule has 0 aliphatic carbocycles. The van der Waals surface area contributed by atoms with Gasteiger partial charge in [0.15, 0.2) is 5.78 Å². The number of halogens is 3. The summed E-state index contributed by atoms with van der Waals surface area (Å²) in [4.78, 5) is 27.6. The first-order valence-electron chi connectivity index (χ1n) is 7.36. The third-order valence-electron chi connectivity index (χ3n) is 3.48. The van der Waals surface area contributed by atoms with Crippen LogP contribution in [0.25, 0.3) is 11.4 Å². The van der Waals surface area contributed by atoms with E-state index in [0.29, 0.717) is 28.5 Å². The van der Waals surface area contributed by atoms with Crippen molar-refractivity contribution in [2.24, 2.45) is 0 Å². The average molecular weight is 431 g/mol. The minimum absolute atomic E-state index is 0. The molecule has 0 saturated carbocycles. The molecule has 0 unspecified atom stereocenters. The predicted molar refractivity (Wildman–Crippen MR) is 111 cm³/mol. The monoisotopic (exact) mass is 429 g/mol. The van der Waals surface area contributed by atoms with E-state index in [1.807, 2.05) is 0 Å². The van der Waals surface area contributed by atoms with Gasteiger partial charge in [0.2, 0.25) is 11.7 Å². The fourth-order valence-corrected chi connectivity index (χ4v) is 2.18. The number of amides is 1. The SMILES string of the molecule is CC(=O)c1ccc(NC(=O)c2ccc(-c3noc(C)n3)cc2)cc1.Cl.Cl.Cl. The molecular weight excluding hydrogens is 413 g/mol. The van der Waals surface area contributed by atoms with Crippen molar-refractivity contribution >= 4 is 54.6 Å². The molecule has 0 aliphatic rings. The highest BCUT2D eigenvalue weighted by Gasteiger charge is 2.09. The third-order valence-corrected chi connectivity index (χ3v) is 3.48. The minimum Gasteiger partial charge on any atom is -0.339 e. The van der Waals surface area contributed by atoms with Gasteiger partial charge in [-0.25, -0.2) is 0 Å². The van der Waals surface area contributed by atoms with Gasteiger partial charge in [0, 0.05) is 29.3 Å². The lowest BCUT2D eigenvalue weighted by Gasteiger charge is -2.06. The Morgan fingerprint density at radius 1 is 0.889 bits per heavy atom. The van der Waals surface area contributed by atoms with Gasteiger partial charge in [-0.1, -0.05) is 17.3 Å². The molecule has 0 bridgehead atoms. The largest absolute Gasteiger partial charge is 0.339 e. The van der Waals surface area contributed by atoms with Crippen LogP contribution in [0, 0.1) is 6.92 Å². The molecule has 0 fully saturated rings. The van der Waals surface area contributed by atoms with E-state index >= 15 is 0 Å². The molecule has 9 heteroatoms. The van der Waals surface area contributed by atoms with E-state index in [0.717, 1.165) is 5.56 Å². The number of nitrogens with zero attached hydrogens (tertiary/aromatic N) is 2. The zero-order valence-corrected chi connectivity index (χ0v) is 16.9. The lowest BCUT2D eigenvalue weighted by molar-refractivity contribution is 0.101. The molecule has 0 spiro atoms. The van der Waals surface area contributed by atoms with Crippen LogP contribution < -0.4 is 5.32 Å². The van der Waals surface area contributed by atoms with E-state index in [1.54, 1.807) is 55.5 Å². The Balaban J connectivity index is 0.00000225. The molecule has 1 aromatic heterocycles. The first-order valence-corrected chi connectivity index (χ1v) is 7.36. The van der Waals surface area contributed by atoms with Crippen LogP contribution in [0.4, 0.5) is 5.69 Å².